The van der Waals surface area contributed by atoms with Gasteiger partial charge in [0.25, 0.3) is 0 Å². The topological polar surface area (TPSA) is 73.2 Å². The monoisotopic (exact) mass is 334 g/mol. The van der Waals surface area contributed by atoms with Gasteiger partial charge in [0.1, 0.15) is 5.60 Å². The number of nitrogens with zero attached hydrogens (tertiary/aromatic N) is 2. The summed E-state index contributed by atoms with van der Waals surface area (Å²) in [5, 5.41) is 18.6. The maximum absolute atomic E-state index is 12.1. The zero-order valence-electron chi connectivity index (χ0n) is 14.9. The van der Waals surface area contributed by atoms with Crippen LogP contribution in [0.4, 0.5) is 4.79 Å². The van der Waals surface area contributed by atoms with Crippen LogP contribution in [-0.4, -0.2) is 64.8 Å². The standard InChI is InChI=1S/C17H27BN2O4/c1-13(14-6-5-7-15(12-14)18(22)23)19-8-10-20(11-9-19)16(21)24-17(2,3)4/h5-7,12-13,22-23H,8-11H2,1-4H3. The predicted molar refractivity (Wildman–Crippen MR) is 94.1 cm³/mol. The molecule has 1 atom stereocenters. The molecule has 2 rings (SSSR count). The van der Waals surface area contributed by atoms with Crippen LogP contribution in [0.5, 0.6) is 0 Å². The molecule has 1 aromatic rings. The number of hydrogen-bond acceptors (Lipinski definition) is 5. The SMILES string of the molecule is CC(c1cccc(B(O)O)c1)N1CCN(C(=O)OC(C)(C)C)CC1. The molecule has 0 spiro atoms. The fourth-order valence-corrected chi connectivity index (χ4v) is 2.81. The van der Waals surface area contributed by atoms with Crippen molar-refractivity contribution in [2.24, 2.45) is 0 Å². The van der Waals surface area contributed by atoms with Crippen molar-refractivity contribution in [2.75, 3.05) is 26.2 Å². The first-order valence-electron chi connectivity index (χ1n) is 8.35. The van der Waals surface area contributed by atoms with E-state index < -0.39 is 12.7 Å². The molecule has 0 aliphatic carbocycles. The molecule has 1 aromatic carbocycles. The Hall–Kier alpha value is -1.57. The molecule has 2 N–H and O–H groups in total. The van der Waals surface area contributed by atoms with Crippen molar-refractivity contribution in [3.05, 3.63) is 29.8 Å². The summed E-state index contributed by atoms with van der Waals surface area (Å²) >= 11 is 0. The van der Waals surface area contributed by atoms with Crippen LogP contribution >= 0.6 is 0 Å². The molecule has 7 heteroatoms. The van der Waals surface area contributed by atoms with Crippen molar-refractivity contribution in [3.63, 3.8) is 0 Å². The Balaban J connectivity index is 1.94. The minimum Gasteiger partial charge on any atom is -0.444 e. The smallest absolute Gasteiger partial charge is 0.444 e. The molecule has 1 aliphatic rings. The molecular weight excluding hydrogens is 307 g/mol. The highest BCUT2D eigenvalue weighted by molar-refractivity contribution is 6.58. The van der Waals surface area contributed by atoms with E-state index in [-0.39, 0.29) is 12.1 Å². The molecule has 0 radical (unpaired) electrons. The van der Waals surface area contributed by atoms with Crippen molar-refractivity contribution < 1.29 is 19.6 Å². The highest BCUT2D eigenvalue weighted by Crippen LogP contribution is 2.21. The number of piperazine rings is 1. The highest BCUT2D eigenvalue weighted by Gasteiger charge is 2.28. The normalized spacial score (nSPS) is 17.5. The van der Waals surface area contributed by atoms with Gasteiger partial charge in [0, 0.05) is 32.2 Å². The Morgan fingerprint density at radius 3 is 2.38 bits per heavy atom. The van der Waals surface area contributed by atoms with Crippen molar-refractivity contribution in [1.82, 2.24) is 9.80 Å². The van der Waals surface area contributed by atoms with E-state index in [2.05, 4.69) is 11.8 Å². The summed E-state index contributed by atoms with van der Waals surface area (Å²) in [5.41, 5.74) is 1.05. The van der Waals surface area contributed by atoms with Crippen molar-refractivity contribution in [3.8, 4) is 0 Å². The average Bonchev–Trinajstić information content (AvgIpc) is 2.53. The van der Waals surface area contributed by atoms with Gasteiger partial charge in [0.05, 0.1) is 0 Å². The third-order valence-corrected chi connectivity index (χ3v) is 4.20. The van der Waals surface area contributed by atoms with Gasteiger partial charge in [0.15, 0.2) is 0 Å². The largest absolute Gasteiger partial charge is 0.488 e. The van der Waals surface area contributed by atoms with Gasteiger partial charge in [0.2, 0.25) is 0 Å². The number of amides is 1. The van der Waals surface area contributed by atoms with E-state index in [0.717, 1.165) is 18.7 Å². The molecule has 6 nitrogen and oxygen atoms in total. The van der Waals surface area contributed by atoms with Crippen LogP contribution in [0.25, 0.3) is 0 Å². The Morgan fingerprint density at radius 2 is 1.83 bits per heavy atom. The molecule has 1 amide bonds. The van der Waals surface area contributed by atoms with Gasteiger partial charge in [-0.15, -0.1) is 0 Å². The van der Waals surface area contributed by atoms with E-state index in [9.17, 15) is 14.8 Å². The van der Waals surface area contributed by atoms with Crippen molar-refractivity contribution in [2.45, 2.75) is 39.3 Å². The van der Waals surface area contributed by atoms with Crippen LogP contribution < -0.4 is 5.46 Å². The lowest BCUT2D eigenvalue weighted by Crippen LogP contribution is -2.50. The Morgan fingerprint density at radius 1 is 1.21 bits per heavy atom. The summed E-state index contributed by atoms with van der Waals surface area (Å²) in [6, 6.07) is 7.47. The number of benzene rings is 1. The van der Waals surface area contributed by atoms with Gasteiger partial charge < -0.3 is 19.7 Å². The van der Waals surface area contributed by atoms with Gasteiger partial charge in [-0.1, -0.05) is 24.3 Å². The summed E-state index contributed by atoms with van der Waals surface area (Å²) in [5.74, 6) is 0. The quantitative estimate of drug-likeness (QED) is 0.806. The van der Waals surface area contributed by atoms with E-state index >= 15 is 0 Å². The fourth-order valence-electron chi connectivity index (χ4n) is 2.81. The summed E-state index contributed by atoms with van der Waals surface area (Å²) in [7, 11) is -1.46. The molecule has 1 unspecified atom stereocenters. The van der Waals surface area contributed by atoms with Gasteiger partial charge in [-0.3, -0.25) is 4.90 Å². The lowest BCUT2D eigenvalue weighted by molar-refractivity contribution is 0.0110. The molecule has 132 valence electrons. The minimum atomic E-state index is -1.46. The minimum absolute atomic E-state index is 0.143. The molecule has 24 heavy (non-hydrogen) atoms. The Labute approximate surface area is 144 Å². The van der Waals surface area contributed by atoms with Crippen LogP contribution in [-0.2, 0) is 4.74 Å². The summed E-state index contributed by atoms with van der Waals surface area (Å²) in [6.45, 7) is 10.5. The van der Waals surface area contributed by atoms with Gasteiger partial charge in [-0.2, -0.15) is 0 Å². The van der Waals surface area contributed by atoms with Crippen LogP contribution in [0.3, 0.4) is 0 Å². The third-order valence-electron chi connectivity index (χ3n) is 4.20. The zero-order chi connectivity index (χ0) is 17.9. The highest BCUT2D eigenvalue weighted by atomic mass is 16.6. The van der Waals surface area contributed by atoms with Crippen molar-refractivity contribution >= 4 is 18.7 Å². The summed E-state index contributed by atoms with van der Waals surface area (Å²) in [6.07, 6.45) is -0.264. The Kier molecular flexibility index (Phi) is 5.90. The second-order valence-electron chi connectivity index (χ2n) is 7.22. The van der Waals surface area contributed by atoms with Gasteiger partial charge in [-0.05, 0) is 38.7 Å². The third kappa shape index (κ3) is 4.96. The molecule has 1 saturated heterocycles. The maximum Gasteiger partial charge on any atom is 0.488 e. The molecule has 1 aliphatic heterocycles. The molecule has 0 aromatic heterocycles. The molecular formula is C17H27BN2O4. The predicted octanol–water partition coefficient (Wildman–Crippen LogP) is 0.980. The Bertz CT molecular complexity index is 566. The number of ether oxygens (including phenoxy) is 1. The lowest BCUT2D eigenvalue weighted by Gasteiger charge is -2.38. The van der Waals surface area contributed by atoms with Gasteiger partial charge >= 0.3 is 13.2 Å². The van der Waals surface area contributed by atoms with Crippen LogP contribution in [0.2, 0.25) is 0 Å². The van der Waals surface area contributed by atoms with E-state index in [4.69, 9.17) is 4.74 Å². The second kappa shape index (κ2) is 7.55. The van der Waals surface area contributed by atoms with Crippen LogP contribution in [0.15, 0.2) is 24.3 Å². The number of hydrogen-bond donors (Lipinski definition) is 2. The van der Waals surface area contributed by atoms with Crippen LogP contribution in [0, 0.1) is 0 Å². The number of carbonyl (C=O) groups excluding carboxylic acids is 1. The first kappa shape index (κ1) is 18.8. The molecule has 1 fully saturated rings. The number of carbonyl (C=O) groups is 1. The maximum atomic E-state index is 12.1. The molecule has 0 bridgehead atoms. The fraction of sp³-hybridized carbons (Fsp3) is 0.588. The van der Waals surface area contributed by atoms with Crippen LogP contribution in [0.1, 0.15) is 39.3 Å². The number of rotatable bonds is 3. The summed E-state index contributed by atoms with van der Waals surface area (Å²) < 4.78 is 5.41. The molecule has 0 saturated carbocycles. The van der Waals surface area contributed by atoms with E-state index in [1.807, 2.05) is 39.0 Å². The lowest BCUT2D eigenvalue weighted by atomic mass is 9.79. The van der Waals surface area contributed by atoms with Gasteiger partial charge in [-0.25, -0.2) is 4.79 Å². The van der Waals surface area contributed by atoms with E-state index in [1.54, 1.807) is 11.0 Å². The first-order valence-corrected chi connectivity index (χ1v) is 8.35. The van der Waals surface area contributed by atoms with E-state index in [1.165, 1.54) is 0 Å². The zero-order valence-corrected chi connectivity index (χ0v) is 14.9. The average molecular weight is 334 g/mol. The summed E-state index contributed by atoms with van der Waals surface area (Å²) in [4.78, 5) is 16.1. The second-order valence-corrected chi connectivity index (χ2v) is 7.22. The van der Waals surface area contributed by atoms with E-state index in [0.29, 0.717) is 18.6 Å². The van der Waals surface area contributed by atoms with Crippen molar-refractivity contribution in [1.29, 1.82) is 0 Å². The molecule has 1 heterocycles. The first-order chi connectivity index (χ1) is 11.2.